The Hall–Kier alpha value is -4.27. The van der Waals surface area contributed by atoms with E-state index in [1.54, 1.807) is 28.8 Å². The first kappa shape index (κ1) is 20.6. The normalized spacial score (nSPS) is 13.5. The number of imidazole rings is 1. The molecule has 0 unspecified atom stereocenters. The first-order chi connectivity index (χ1) is 15.9. The van der Waals surface area contributed by atoms with Crippen LogP contribution in [0.2, 0.25) is 0 Å². The van der Waals surface area contributed by atoms with Crippen molar-refractivity contribution in [3.63, 3.8) is 0 Å². The number of aromatic nitrogens is 4. The molecule has 0 bridgehead atoms. The van der Waals surface area contributed by atoms with E-state index >= 15 is 0 Å². The van der Waals surface area contributed by atoms with Gasteiger partial charge in [-0.05, 0) is 23.3 Å². The van der Waals surface area contributed by atoms with Gasteiger partial charge in [0.15, 0.2) is 11.2 Å². The standard InChI is InChI=1S/C24H21FN6O2/c1-28-21-20(22(32)29(2)24(28)33)30-15-19(17-10-12-18(25)13-11-17)27-31(23(30)26-21)14-6-9-16-7-4-3-5-8-16/h3-13H,14-15H2,1-2H3/b9-6-. The zero-order valence-electron chi connectivity index (χ0n) is 18.1. The number of benzene rings is 2. The molecule has 9 heteroatoms. The number of fused-ring (bicyclic) bond motifs is 3. The monoisotopic (exact) mass is 444 g/mol. The Labute approximate surface area is 188 Å². The van der Waals surface area contributed by atoms with E-state index in [1.807, 2.05) is 42.5 Å². The minimum Gasteiger partial charge on any atom is -0.297 e. The van der Waals surface area contributed by atoms with Gasteiger partial charge in [0.2, 0.25) is 5.95 Å². The van der Waals surface area contributed by atoms with Gasteiger partial charge < -0.3 is 0 Å². The van der Waals surface area contributed by atoms with Crippen LogP contribution in [0.25, 0.3) is 17.2 Å². The lowest BCUT2D eigenvalue weighted by molar-refractivity contribution is 0.627. The Balaban J connectivity index is 1.64. The molecule has 3 heterocycles. The number of rotatable bonds is 4. The minimum atomic E-state index is -0.446. The molecule has 0 radical (unpaired) electrons. The zero-order chi connectivity index (χ0) is 23.1. The average molecular weight is 444 g/mol. The minimum absolute atomic E-state index is 0.268. The highest BCUT2D eigenvalue weighted by molar-refractivity contribution is 6.02. The molecule has 166 valence electrons. The number of hydrazone groups is 1. The molecule has 0 amide bonds. The molecule has 2 aromatic carbocycles. The van der Waals surface area contributed by atoms with Crippen LogP contribution in [0.3, 0.4) is 0 Å². The Morgan fingerprint density at radius 2 is 1.73 bits per heavy atom. The predicted molar refractivity (Wildman–Crippen MR) is 126 cm³/mol. The van der Waals surface area contributed by atoms with E-state index in [9.17, 15) is 14.0 Å². The van der Waals surface area contributed by atoms with Crippen molar-refractivity contribution in [3.05, 3.63) is 98.5 Å². The van der Waals surface area contributed by atoms with Crippen molar-refractivity contribution >= 4 is 28.9 Å². The molecule has 0 fully saturated rings. The maximum absolute atomic E-state index is 13.5. The van der Waals surface area contributed by atoms with Crippen LogP contribution >= 0.6 is 0 Å². The fraction of sp³-hybridized carbons (Fsp3) is 0.167. The summed E-state index contributed by atoms with van der Waals surface area (Å²) < 4.78 is 17.7. The van der Waals surface area contributed by atoms with Crippen molar-refractivity contribution in [2.24, 2.45) is 19.2 Å². The molecule has 4 aromatic rings. The van der Waals surface area contributed by atoms with Crippen LogP contribution in [-0.4, -0.2) is 30.9 Å². The van der Waals surface area contributed by atoms with E-state index < -0.39 is 11.2 Å². The second-order valence-corrected chi connectivity index (χ2v) is 7.82. The lowest BCUT2D eigenvalue weighted by Crippen LogP contribution is -2.38. The Morgan fingerprint density at radius 3 is 2.45 bits per heavy atom. The number of anilines is 1. The summed E-state index contributed by atoms with van der Waals surface area (Å²) in [6.45, 7) is 0.654. The van der Waals surface area contributed by atoms with Gasteiger partial charge in [-0.3, -0.25) is 18.5 Å². The number of nitrogens with zero attached hydrogens (tertiary/aromatic N) is 6. The first-order valence-corrected chi connectivity index (χ1v) is 10.4. The molecule has 8 nitrogen and oxygen atoms in total. The van der Waals surface area contributed by atoms with E-state index in [-0.39, 0.29) is 12.4 Å². The highest BCUT2D eigenvalue weighted by atomic mass is 19.1. The van der Waals surface area contributed by atoms with Crippen LogP contribution in [0.1, 0.15) is 11.1 Å². The van der Waals surface area contributed by atoms with Crippen LogP contribution in [0.4, 0.5) is 10.3 Å². The van der Waals surface area contributed by atoms with E-state index in [2.05, 4.69) is 4.98 Å². The van der Waals surface area contributed by atoms with Crippen molar-refractivity contribution < 1.29 is 4.39 Å². The van der Waals surface area contributed by atoms with Crippen LogP contribution in [0.5, 0.6) is 0 Å². The van der Waals surface area contributed by atoms with E-state index in [1.165, 1.54) is 23.7 Å². The molecule has 1 aliphatic heterocycles. The van der Waals surface area contributed by atoms with Gasteiger partial charge in [0, 0.05) is 14.1 Å². The molecular formula is C24H21FN6O2. The Bertz CT molecular complexity index is 1530. The second kappa shape index (κ2) is 8.01. The average Bonchev–Trinajstić information content (AvgIpc) is 3.22. The third-order valence-corrected chi connectivity index (χ3v) is 5.67. The van der Waals surface area contributed by atoms with Gasteiger partial charge in [-0.25, -0.2) is 14.2 Å². The molecule has 0 atom stereocenters. The van der Waals surface area contributed by atoms with Gasteiger partial charge in [-0.15, -0.1) is 0 Å². The molecule has 0 spiro atoms. The molecule has 1 aliphatic rings. The SMILES string of the molecule is Cn1c(=O)c2c(nc3n2CC(c2ccc(F)cc2)=NN3C/C=C\c2ccccc2)n(C)c1=O. The summed E-state index contributed by atoms with van der Waals surface area (Å²) in [5.41, 5.74) is 2.19. The van der Waals surface area contributed by atoms with Gasteiger partial charge in [0.1, 0.15) is 5.82 Å². The summed E-state index contributed by atoms with van der Waals surface area (Å²) in [5.74, 6) is 0.127. The molecule has 33 heavy (non-hydrogen) atoms. The van der Waals surface area contributed by atoms with E-state index in [0.717, 1.165) is 15.7 Å². The largest absolute Gasteiger partial charge is 0.332 e. The number of aryl methyl sites for hydroxylation is 1. The number of halogens is 1. The van der Waals surface area contributed by atoms with Crippen molar-refractivity contribution in [1.82, 2.24) is 18.7 Å². The van der Waals surface area contributed by atoms with Gasteiger partial charge in [0.25, 0.3) is 5.56 Å². The summed E-state index contributed by atoms with van der Waals surface area (Å²) in [7, 11) is 3.03. The maximum atomic E-state index is 13.5. The number of hydrogen-bond donors (Lipinski definition) is 0. The van der Waals surface area contributed by atoms with E-state index in [0.29, 0.717) is 29.4 Å². The zero-order valence-corrected chi connectivity index (χ0v) is 18.1. The molecule has 0 saturated heterocycles. The highest BCUT2D eigenvalue weighted by Crippen LogP contribution is 2.25. The molecule has 0 saturated carbocycles. The summed E-state index contributed by atoms with van der Waals surface area (Å²) in [4.78, 5) is 30.0. The third-order valence-electron chi connectivity index (χ3n) is 5.67. The summed E-state index contributed by atoms with van der Waals surface area (Å²) in [6.07, 6.45) is 3.93. The smallest absolute Gasteiger partial charge is 0.297 e. The van der Waals surface area contributed by atoms with Gasteiger partial charge in [0.05, 0.1) is 18.8 Å². The molecule has 5 rings (SSSR count). The quantitative estimate of drug-likeness (QED) is 0.485. The van der Waals surface area contributed by atoms with Crippen molar-refractivity contribution in [3.8, 4) is 0 Å². The summed E-state index contributed by atoms with van der Waals surface area (Å²) in [5, 5.41) is 6.44. The molecule has 0 aliphatic carbocycles. The lowest BCUT2D eigenvalue weighted by Gasteiger charge is -2.25. The number of hydrogen-bond acceptors (Lipinski definition) is 5. The Morgan fingerprint density at radius 1 is 1.00 bits per heavy atom. The molecule has 2 aromatic heterocycles. The molecular weight excluding hydrogens is 423 g/mol. The third kappa shape index (κ3) is 3.57. The van der Waals surface area contributed by atoms with Crippen molar-refractivity contribution in [2.45, 2.75) is 6.54 Å². The van der Waals surface area contributed by atoms with Crippen molar-refractivity contribution in [2.75, 3.05) is 11.6 Å². The van der Waals surface area contributed by atoms with Crippen LogP contribution in [0, 0.1) is 5.82 Å². The topological polar surface area (TPSA) is 77.4 Å². The summed E-state index contributed by atoms with van der Waals surface area (Å²) >= 11 is 0. The fourth-order valence-corrected chi connectivity index (χ4v) is 3.92. The van der Waals surface area contributed by atoms with Crippen LogP contribution in [-0.2, 0) is 20.6 Å². The van der Waals surface area contributed by atoms with Gasteiger partial charge >= 0.3 is 5.69 Å². The van der Waals surface area contributed by atoms with E-state index in [4.69, 9.17) is 5.10 Å². The van der Waals surface area contributed by atoms with Crippen LogP contribution < -0.4 is 16.3 Å². The Kier molecular flexibility index (Phi) is 5.01. The van der Waals surface area contributed by atoms with Crippen molar-refractivity contribution in [1.29, 1.82) is 0 Å². The van der Waals surface area contributed by atoms with Crippen LogP contribution in [0.15, 0.2) is 75.4 Å². The molecule has 0 N–H and O–H groups in total. The predicted octanol–water partition coefficient (Wildman–Crippen LogP) is 2.51. The fourth-order valence-electron chi connectivity index (χ4n) is 3.92. The first-order valence-electron chi connectivity index (χ1n) is 10.4. The van der Waals surface area contributed by atoms with Gasteiger partial charge in [-0.1, -0.05) is 54.6 Å². The summed E-state index contributed by atoms with van der Waals surface area (Å²) in [6, 6.07) is 15.9. The second-order valence-electron chi connectivity index (χ2n) is 7.82. The lowest BCUT2D eigenvalue weighted by atomic mass is 10.1. The van der Waals surface area contributed by atoms with Gasteiger partial charge in [-0.2, -0.15) is 10.1 Å². The highest BCUT2D eigenvalue weighted by Gasteiger charge is 2.27. The maximum Gasteiger partial charge on any atom is 0.332 e.